The van der Waals surface area contributed by atoms with Gasteiger partial charge in [0, 0.05) is 23.6 Å². The highest BCUT2D eigenvalue weighted by Gasteiger charge is 2.20. The summed E-state index contributed by atoms with van der Waals surface area (Å²) in [7, 11) is 4.25. The van der Waals surface area contributed by atoms with Gasteiger partial charge in [-0.05, 0) is 38.1 Å². The molecule has 0 bridgehead atoms. The van der Waals surface area contributed by atoms with Gasteiger partial charge < -0.3 is 10.2 Å². The second-order valence-corrected chi connectivity index (χ2v) is 6.88. The van der Waals surface area contributed by atoms with Gasteiger partial charge in [0.05, 0.1) is 0 Å². The SMILES string of the molecule is CC(NCC(C)(C)CN(C)C)c1ccccc1Br. The molecule has 0 heterocycles. The Bertz CT molecular complexity index is 375. The third-order valence-corrected chi connectivity index (χ3v) is 3.72. The lowest BCUT2D eigenvalue weighted by atomic mass is 9.92. The minimum atomic E-state index is 0.277. The van der Waals surface area contributed by atoms with E-state index in [0.29, 0.717) is 6.04 Å². The zero-order valence-electron chi connectivity index (χ0n) is 12.1. The lowest BCUT2D eigenvalue weighted by Crippen LogP contribution is -2.38. The molecule has 0 amide bonds. The largest absolute Gasteiger partial charge is 0.310 e. The molecule has 1 rings (SSSR count). The summed E-state index contributed by atoms with van der Waals surface area (Å²) in [5, 5.41) is 3.63. The standard InChI is InChI=1S/C15H25BrN2/c1-12(13-8-6-7-9-14(13)16)17-10-15(2,3)11-18(4)5/h6-9,12,17H,10-11H2,1-5H3. The van der Waals surface area contributed by atoms with Crippen LogP contribution in [0.3, 0.4) is 0 Å². The van der Waals surface area contributed by atoms with Crippen molar-refractivity contribution in [1.29, 1.82) is 0 Å². The molecule has 0 aliphatic carbocycles. The molecule has 0 aromatic heterocycles. The fraction of sp³-hybridized carbons (Fsp3) is 0.600. The highest BCUT2D eigenvalue weighted by Crippen LogP contribution is 2.24. The van der Waals surface area contributed by atoms with Crippen LogP contribution in [0.2, 0.25) is 0 Å². The normalized spacial score (nSPS) is 13.9. The first-order chi connectivity index (χ1) is 8.32. The highest BCUT2D eigenvalue weighted by molar-refractivity contribution is 9.10. The number of nitrogens with zero attached hydrogens (tertiary/aromatic N) is 1. The maximum atomic E-state index is 3.63. The molecule has 1 aromatic carbocycles. The molecular weight excluding hydrogens is 288 g/mol. The van der Waals surface area contributed by atoms with Crippen LogP contribution < -0.4 is 5.32 Å². The molecule has 0 saturated heterocycles. The van der Waals surface area contributed by atoms with Crippen LogP contribution in [0.5, 0.6) is 0 Å². The van der Waals surface area contributed by atoms with E-state index in [0.717, 1.165) is 13.1 Å². The molecule has 1 atom stereocenters. The first-order valence-corrected chi connectivity index (χ1v) is 7.24. The number of rotatable bonds is 6. The summed E-state index contributed by atoms with van der Waals surface area (Å²) in [6.07, 6.45) is 0. The Balaban J connectivity index is 2.56. The van der Waals surface area contributed by atoms with Gasteiger partial charge in [-0.2, -0.15) is 0 Å². The number of benzene rings is 1. The average Bonchev–Trinajstić information content (AvgIpc) is 2.25. The topological polar surface area (TPSA) is 15.3 Å². The van der Waals surface area contributed by atoms with Crippen LogP contribution in [0.25, 0.3) is 0 Å². The molecule has 1 N–H and O–H groups in total. The van der Waals surface area contributed by atoms with Gasteiger partial charge in [0.15, 0.2) is 0 Å². The zero-order valence-corrected chi connectivity index (χ0v) is 13.7. The zero-order chi connectivity index (χ0) is 13.8. The fourth-order valence-electron chi connectivity index (χ4n) is 2.28. The van der Waals surface area contributed by atoms with Crippen molar-refractivity contribution in [1.82, 2.24) is 10.2 Å². The van der Waals surface area contributed by atoms with Crippen LogP contribution in [0.4, 0.5) is 0 Å². The van der Waals surface area contributed by atoms with E-state index in [1.807, 2.05) is 0 Å². The smallest absolute Gasteiger partial charge is 0.0303 e. The Morgan fingerprint density at radius 1 is 1.28 bits per heavy atom. The molecule has 0 aliphatic heterocycles. The summed E-state index contributed by atoms with van der Waals surface area (Å²) in [6, 6.07) is 8.76. The van der Waals surface area contributed by atoms with Gasteiger partial charge in [-0.15, -0.1) is 0 Å². The van der Waals surface area contributed by atoms with Crippen LogP contribution in [0.15, 0.2) is 28.7 Å². The van der Waals surface area contributed by atoms with E-state index in [1.54, 1.807) is 0 Å². The van der Waals surface area contributed by atoms with E-state index in [2.05, 4.69) is 85.3 Å². The average molecular weight is 313 g/mol. The highest BCUT2D eigenvalue weighted by atomic mass is 79.9. The summed E-state index contributed by atoms with van der Waals surface area (Å²) in [5.41, 5.74) is 1.59. The second kappa shape index (κ2) is 6.69. The molecule has 0 aliphatic rings. The lowest BCUT2D eigenvalue weighted by molar-refractivity contribution is 0.227. The van der Waals surface area contributed by atoms with E-state index >= 15 is 0 Å². The predicted molar refractivity (Wildman–Crippen MR) is 82.9 cm³/mol. The number of hydrogen-bond acceptors (Lipinski definition) is 2. The van der Waals surface area contributed by atoms with Gasteiger partial charge in [0.2, 0.25) is 0 Å². The van der Waals surface area contributed by atoms with Crippen LogP contribution in [-0.4, -0.2) is 32.1 Å². The van der Waals surface area contributed by atoms with Gasteiger partial charge >= 0.3 is 0 Å². The first kappa shape index (κ1) is 15.7. The minimum absolute atomic E-state index is 0.277. The number of nitrogens with one attached hydrogen (secondary N) is 1. The molecule has 0 radical (unpaired) electrons. The Labute approximate surface area is 120 Å². The van der Waals surface area contributed by atoms with Crippen molar-refractivity contribution in [2.24, 2.45) is 5.41 Å². The third-order valence-electron chi connectivity index (χ3n) is 3.00. The van der Waals surface area contributed by atoms with Gasteiger partial charge in [-0.25, -0.2) is 0 Å². The molecule has 1 aromatic rings. The minimum Gasteiger partial charge on any atom is -0.310 e. The second-order valence-electron chi connectivity index (χ2n) is 6.03. The van der Waals surface area contributed by atoms with Gasteiger partial charge in [0.25, 0.3) is 0 Å². The summed E-state index contributed by atoms with van der Waals surface area (Å²) >= 11 is 3.61. The maximum Gasteiger partial charge on any atom is 0.0303 e. The molecule has 1 unspecified atom stereocenters. The van der Waals surface area contributed by atoms with Crippen LogP contribution in [-0.2, 0) is 0 Å². The van der Waals surface area contributed by atoms with Gasteiger partial charge in [-0.3, -0.25) is 0 Å². The molecule has 0 fully saturated rings. The quantitative estimate of drug-likeness (QED) is 0.862. The first-order valence-electron chi connectivity index (χ1n) is 6.44. The number of halogens is 1. The Morgan fingerprint density at radius 2 is 1.89 bits per heavy atom. The molecule has 18 heavy (non-hydrogen) atoms. The molecule has 0 saturated carbocycles. The monoisotopic (exact) mass is 312 g/mol. The van der Waals surface area contributed by atoms with E-state index in [1.165, 1.54) is 10.0 Å². The van der Waals surface area contributed by atoms with Gasteiger partial charge in [0.1, 0.15) is 0 Å². The molecule has 3 heteroatoms. The van der Waals surface area contributed by atoms with Crippen LogP contribution >= 0.6 is 15.9 Å². The predicted octanol–water partition coefficient (Wildman–Crippen LogP) is 3.69. The summed E-state index contributed by atoms with van der Waals surface area (Å²) in [6.45, 7) is 8.90. The van der Waals surface area contributed by atoms with Crippen molar-refractivity contribution in [3.05, 3.63) is 34.3 Å². The van der Waals surface area contributed by atoms with E-state index in [4.69, 9.17) is 0 Å². The summed E-state index contributed by atoms with van der Waals surface area (Å²) in [5.74, 6) is 0. The van der Waals surface area contributed by atoms with Crippen LogP contribution in [0.1, 0.15) is 32.4 Å². The molecule has 2 nitrogen and oxygen atoms in total. The van der Waals surface area contributed by atoms with Crippen molar-refractivity contribution >= 4 is 15.9 Å². The van der Waals surface area contributed by atoms with Crippen molar-refractivity contribution in [2.75, 3.05) is 27.2 Å². The Kier molecular flexibility index (Phi) is 5.83. The van der Waals surface area contributed by atoms with Gasteiger partial charge in [-0.1, -0.05) is 48.0 Å². The molecular formula is C15H25BrN2. The maximum absolute atomic E-state index is 3.63. The summed E-state index contributed by atoms with van der Waals surface area (Å²) in [4.78, 5) is 2.24. The van der Waals surface area contributed by atoms with Crippen molar-refractivity contribution < 1.29 is 0 Å². The van der Waals surface area contributed by atoms with Crippen molar-refractivity contribution in [3.8, 4) is 0 Å². The third kappa shape index (κ3) is 5.09. The Morgan fingerprint density at radius 3 is 2.44 bits per heavy atom. The van der Waals surface area contributed by atoms with E-state index in [-0.39, 0.29) is 5.41 Å². The van der Waals surface area contributed by atoms with Crippen LogP contribution in [0, 0.1) is 5.41 Å². The Hall–Kier alpha value is -0.380. The fourth-order valence-corrected chi connectivity index (χ4v) is 2.91. The lowest BCUT2D eigenvalue weighted by Gasteiger charge is -2.30. The van der Waals surface area contributed by atoms with E-state index in [9.17, 15) is 0 Å². The van der Waals surface area contributed by atoms with E-state index < -0.39 is 0 Å². The van der Waals surface area contributed by atoms with Crippen molar-refractivity contribution in [2.45, 2.75) is 26.8 Å². The molecule has 102 valence electrons. The number of hydrogen-bond donors (Lipinski definition) is 1. The summed E-state index contributed by atoms with van der Waals surface area (Å²) < 4.78 is 1.18. The van der Waals surface area contributed by atoms with Crippen molar-refractivity contribution in [3.63, 3.8) is 0 Å². The molecule has 0 spiro atoms.